The van der Waals surface area contributed by atoms with Gasteiger partial charge in [-0.2, -0.15) is 0 Å². The van der Waals surface area contributed by atoms with E-state index in [0.717, 1.165) is 36.8 Å². The fourth-order valence-corrected chi connectivity index (χ4v) is 10.7. The van der Waals surface area contributed by atoms with Gasteiger partial charge in [0.1, 0.15) is 12.2 Å². The zero-order valence-electron chi connectivity index (χ0n) is 33.2. The maximum absolute atomic E-state index is 12.5. The topological polar surface area (TPSA) is 164 Å². The van der Waals surface area contributed by atoms with E-state index in [-0.39, 0.29) is 58.6 Å². The molecule has 10 fully saturated rings. The number of hydrogen-bond acceptors (Lipinski definition) is 12. The van der Waals surface area contributed by atoms with Crippen LogP contribution in [0.5, 0.6) is 0 Å². The molecule has 4 saturated heterocycles. The van der Waals surface area contributed by atoms with Crippen molar-refractivity contribution >= 4 is 23.9 Å². The molecule has 2 N–H and O–H groups in total. The van der Waals surface area contributed by atoms with E-state index in [0.29, 0.717) is 50.7 Å². The van der Waals surface area contributed by atoms with Crippen LogP contribution in [-0.2, 0) is 47.6 Å². The van der Waals surface area contributed by atoms with Gasteiger partial charge in [-0.05, 0) is 102 Å². The molecule has 0 aromatic carbocycles. The fraction of sp³-hybridized carbons (Fsp3) is 0.810. The maximum atomic E-state index is 12.5. The van der Waals surface area contributed by atoms with E-state index in [1.54, 1.807) is 41.5 Å². The molecular weight excluding hydrogens is 696 g/mol. The summed E-state index contributed by atoms with van der Waals surface area (Å²) in [6.45, 7) is 23.4. The Morgan fingerprint density at radius 3 is 1.33 bits per heavy atom. The molecule has 10 unspecified atom stereocenters. The summed E-state index contributed by atoms with van der Waals surface area (Å²) < 4.78 is 34.9. The molecule has 0 aromatic rings. The van der Waals surface area contributed by atoms with Crippen molar-refractivity contribution in [3.63, 3.8) is 0 Å². The Morgan fingerprint density at radius 1 is 0.704 bits per heavy atom. The minimum absolute atomic E-state index is 0.0515. The highest BCUT2D eigenvalue weighted by Gasteiger charge is 2.70. The average Bonchev–Trinajstić information content (AvgIpc) is 3.82. The Labute approximate surface area is 318 Å². The molecule has 6 aliphatic carbocycles. The fourth-order valence-electron chi connectivity index (χ4n) is 10.7. The molecule has 4 spiro atoms. The zero-order valence-corrected chi connectivity index (χ0v) is 33.2. The molecule has 10 rings (SSSR count). The number of rotatable bonds is 6. The van der Waals surface area contributed by atoms with Crippen molar-refractivity contribution in [3.05, 3.63) is 24.3 Å². The van der Waals surface area contributed by atoms with Crippen LogP contribution < -0.4 is 0 Å². The summed E-state index contributed by atoms with van der Waals surface area (Å²) in [6, 6.07) is 0. The van der Waals surface area contributed by atoms with Gasteiger partial charge in [-0.3, -0.25) is 19.2 Å². The molecule has 0 aromatic heterocycles. The van der Waals surface area contributed by atoms with Crippen molar-refractivity contribution in [2.45, 2.75) is 143 Å². The summed E-state index contributed by atoms with van der Waals surface area (Å²) in [6.07, 6.45) is 3.94. The molecule has 4 heterocycles. The van der Waals surface area contributed by atoms with Gasteiger partial charge in [-0.25, -0.2) is 0 Å². The normalized spacial score (nSPS) is 44.3. The molecule has 4 aliphatic heterocycles. The smallest absolute Gasteiger partial charge is 0.314 e. The monoisotopic (exact) mass is 756 g/mol. The van der Waals surface area contributed by atoms with Crippen molar-refractivity contribution in [1.29, 1.82) is 0 Å². The van der Waals surface area contributed by atoms with E-state index < -0.39 is 46.6 Å². The van der Waals surface area contributed by atoms with E-state index in [1.807, 2.05) is 13.8 Å². The van der Waals surface area contributed by atoms with Crippen molar-refractivity contribution in [3.8, 4) is 0 Å². The van der Waals surface area contributed by atoms with Gasteiger partial charge in [-0.15, -0.1) is 0 Å². The number of fused-ring (bicyclic) bond motifs is 4. The highest BCUT2D eigenvalue weighted by molar-refractivity contribution is 5.78. The van der Waals surface area contributed by atoms with Crippen LogP contribution in [0.25, 0.3) is 0 Å². The summed E-state index contributed by atoms with van der Waals surface area (Å²) in [5.41, 5.74) is -0.132. The number of aliphatic hydroxyl groups excluding tert-OH is 2. The van der Waals surface area contributed by atoms with Gasteiger partial charge >= 0.3 is 23.9 Å². The lowest BCUT2D eigenvalue weighted by atomic mass is 9.44. The first-order chi connectivity index (χ1) is 25.0. The second-order valence-corrected chi connectivity index (χ2v) is 19.4. The van der Waals surface area contributed by atoms with Crippen LogP contribution >= 0.6 is 0 Å². The second-order valence-electron chi connectivity index (χ2n) is 19.4. The molecule has 12 nitrogen and oxygen atoms in total. The summed E-state index contributed by atoms with van der Waals surface area (Å²) in [7, 11) is 0. The molecular formula is C42H60O12. The predicted octanol–water partition coefficient (Wildman–Crippen LogP) is 5.17. The number of esters is 4. The van der Waals surface area contributed by atoms with E-state index in [9.17, 15) is 29.4 Å². The van der Waals surface area contributed by atoms with Gasteiger partial charge in [-0.1, -0.05) is 27.0 Å². The Kier molecular flexibility index (Phi) is 9.39. The lowest BCUT2D eigenvalue weighted by Gasteiger charge is -2.60. The van der Waals surface area contributed by atoms with Crippen LogP contribution in [-0.4, -0.2) is 83.3 Å². The molecule has 300 valence electrons. The molecule has 10 aliphatic rings. The highest BCUT2D eigenvalue weighted by atomic mass is 16.7. The molecule has 12 heteroatoms. The lowest BCUT2D eigenvalue weighted by molar-refractivity contribution is -0.193. The van der Waals surface area contributed by atoms with E-state index in [4.69, 9.17) is 28.4 Å². The van der Waals surface area contributed by atoms with Gasteiger partial charge in [0.25, 0.3) is 0 Å². The molecule has 14 atom stereocenters. The first kappa shape index (κ1) is 39.4. The third kappa shape index (κ3) is 5.90. The van der Waals surface area contributed by atoms with Crippen molar-refractivity contribution in [2.75, 3.05) is 13.2 Å². The summed E-state index contributed by atoms with van der Waals surface area (Å²) >= 11 is 0. The molecule has 0 radical (unpaired) electrons. The third-order valence-electron chi connectivity index (χ3n) is 15.4. The molecule has 6 saturated carbocycles. The SMILES string of the molecule is C=C1C(OC(=O)C(C)(C)C(C)O)CC2CC1C21CO[C@@]2(C[C@H](C)C(=O)O2)C1.C=C1C(OC(=O)C(C)(C)C(C)O)CC2CC1C21CO[C@]2(C[C@H](C)C(=O)O2)C1. The van der Waals surface area contributed by atoms with Gasteiger partial charge < -0.3 is 38.6 Å². The summed E-state index contributed by atoms with van der Waals surface area (Å²) in [4.78, 5) is 48.8. The number of ether oxygens (including phenoxy) is 6. The number of hydrogen-bond donors (Lipinski definition) is 2. The van der Waals surface area contributed by atoms with Gasteiger partial charge in [0, 0.05) is 36.5 Å². The van der Waals surface area contributed by atoms with Crippen LogP contribution in [0.1, 0.15) is 107 Å². The first-order valence-corrected chi connectivity index (χ1v) is 19.9. The molecule has 4 bridgehead atoms. The maximum Gasteiger partial charge on any atom is 0.314 e. The van der Waals surface area contributed by atoms with E-state index in [1.165, 1.54) is 0 Å². The van der Waals surface area contributed by atoms with Crippen molar-refractivity contribution < 1.29 is 57.8 Å². The van der Waals surface area contributed by atoms with Gasteiger partial charge in [0.2, 0.25) is 11.6 Å². The standard InChI is InChI=1S/2C21H30O6/c2*1-11-8-21(27-17(11)23)9-20(10-25-21)14-6-15(20)12(2)16(7-14)26-18(24)19(4,5)13(3)22/h2*11,13-16,22H,2,6-10H2,1,3-5H3/t11-,13?,14?,15?,16?,20?,21+;11-,13?,14?,15?,16?,20?,21-/m00/s1. The van der Waals surface area contributed by atoms with Crippen molar-refractivity contribution in [1.82, 2.24) is 0 Å². The number of carbonyl (C=O) groups is 4. The second kappa shape index (κ2) is 12.9. The van der Waals surface area contributed by atoms with Crippen molar-refractivity contribution in [2.24, 2.45) is 57.2 Å². The summed E-state index contributed by atoms with van der Waals surface area (Å²) in [5, 5.41) is 19.7. The zero-order chi connectivity index (χ0) is 39.6. The van der Waals surface area contributed by atoms with Gasteiger partial charge in [0.15, 0.2) is 0 Å². The van der Waals surface area contributed by atoms with Crippen LogP contribution in [0, 0.1) is 57.2 Å². The Balaban J connectivity index is 0.000000167. The van der Waals surface area contributed by atoms with Crippen LogP contribution in [0.4, 0.5) is 0 Å². The van der Waals surface area contributed by atoms with E-state index >= 15 is 0 Å². The first-order valence-electron chi connectivity index (χ1n) is 19.9. The largest absolute Gasteiger partial charge is 0.457 e. The number of carbonyl (C=O) groups excluding carboxylic acids is 4. The molecule has 54 heavy (non-hydrogen) atoms. The Bertz CT molecular complexity index is 1510. The van der Waals surface area contributed by atoms with E-state index in [2.05, 4.69) is 13.2 Å². The Morgan fingerprint density at radius 2 is 1.06 bits per heavy atom. The lowest BCUT2D eigenvalue weighted by Crippen LogP contribution is -2.58. The highest BCUT2D eigenvalue weighted by Crippen LogP contribution is 2.70. The number of aliphatic hydroxyl groups is 2. The third-order valence-corrected chi connectivity index (χ3v) is 15.4. The van der Waals surface area contributed by atoms with Gasteiger partial charge in [0.05, 0.1) is 48.1 Å². The minimum Gasteiger partial charge on any atom is -0.457 e. The van der Waals surface area contributed by atoms with Crippen LogP contribution in [0.2, 0.25) is 0 Å². The van der Waals surface area contributed by atoms with Crippen LogP contribution in [0.15, 0.2) is 24.3 Å². The minimum atomic E-state index is -0.950. The Hall–Kier alpha value is -2.80. The molecule has 0 amide bonds. The summed E-state index contributed by atoms with van der Waals surface area (Å²) in [5.74, 6) is -1.76. The predicted molar refractivity (Wildman–Crippen MR) is 193 cm³/mol. The average molecular weight is 757 g/mol. The quantitative estimate of drug-likeness (QED) is 0.208. The van der Waals surface area contributed by atoms with Crippen LogP contribution in [0.3, 0.4) is 0 Å².